The van der Waals surface area contributed by atoms with Crippen molar-refractivity contribution in [3.63, 3.8) is 0 Å². The van der Waals surface area contributed by atoms with Crippen LogP contribution >= 0.6 is 0 Å². The Morgan fingerprint density at radius 3 is 3.38 bits per heavy atom. The van der Waals surface area contributed by atoms with Gasteiger partial charge in [0, 0.05) is 10.9 Å². The second-order valence-corrected chi connectivity index (χ2v) is 4.19. The van der Waals surface area contributed by atoms with Crippen LogP contribution < -0.4 is 0 Å². The molecule has 1 aromatic heterocycles. The molecule has 1 fully saturated rings. The summed E-state index contributed by atoms with van der Waals surface area (Å²) in [5.41, 5.74) is 3.99. The van der Waals surface area contributed by atoms with E-state index in [1.807, 2.05) is 6.20 Å². The smallest absolute Gasteiger partial charge is 0.170 e. The van der Waals surface area contributed by atoms with Crippen molar-refractivity contribution in [2.24, 2.45) is 5.92 Å². The third-order valence-corrected chi connectivity index (χ3v) is 3.43. The molecular weight excluding hydrogens is 162 g/mol. The maximum atomic E-state index is 5.31. The molecule has 0 N–H and O–H groups in total. The minimum atomic E-state index is 0.798. The van der Waals surface area contributed by atoms with E-state index in [1.165, 1.54) is 24.0 Å². The average Bonchev–Trinajstić information content (AvgIpc) is 2.64. The van der Waals surface area contributed by atoms with Gasteiger partial charge in [-0.1, -0.05) is 11.2 Å². The Kier molecular flexibility index (Phi) is 0.852. The first kappa shape index (κ1) is 6.19. The number of hydrogen-bond donors (Lipinski definition) is 0. The maximum absolute atomic E-state index is 5.31. The van der Waals surface area contributed by atoms with Gasteiger partial charge in [-0.3, -0.25) is 0 Å². The number of hydrogen-bond acceptors (Lipinski definition) is 2. The summed E-state index contributed by atoms with van der Waals surface area (Å²) in [5.74, 6) is 1.72. The highest BCUT2D eigenvalue weighted by atomic mass is 16.5. The third kappa shape index (κ3) is 0.634. The van der Waals surface area contributed by atoms with E-state index < -0.39 is 0 Å². The van der Waals surface area contributed by atoms with Gasteiger partial charge in [0.05, 0.1) is 6.20 Å². The molecule has 2 nitrogen and oxygen atoms in total. The number of aromatic nitrogens is 1. The molecule has 2 aliphatic carbocycles. The van der Waals surface area contributed by atoms with E-state index in [2.05, 4.69) is 17.3 Å². The highest BCUT2D eigenvalue weighted by molar-refractivity contribution is 5.82. The molecule has 2 atom stereocenters. The summed E-state index contributed by atoms with van der Waals surface area (Å²) in [4.78, 5) is 0. The summed E-state index contributed by atoms with van der Waals surface area (Å²) in [6, 6.07) is 4.36. The van der Waals surface area contributed by atoms with Crippen LogP contribution in [0.4, 0.5) is 0 Å². The highest BCUT2D eigenvalue weighted by Crippen LogP contribution is 2.57. The second kappa shape index (κ2) is 1.79. The Hall–Kier alpha value is -1.31. The average molecular weight is 171 g/mol. The molecule has 0 spiro atoms. The summed E-state index contributed by atoms with van der Waals surface area (Å²) in [7, 11) is 0. The summed E-state index contributed by atoms with van der Waals surface area (Å²) in [5, 5.41) is 5.02. The fraction of sp³-hybridized carbons (Fsp3) is 0.364. The van der Waals surface area contributed by atoms with Crippen molar-refractivity contribution < 1.29 is 4.52 Å². The predicted molar refractivity (Wildman–Crippen MR) is 48.6 cm³/mol. The molecule has 64 valence electrons. The molecule has 4 rings (SSSR count). The minimum absolute atomic E-state index is 0.798. The van der Waals surface area contributed by atoms with Crippen LogP contribution in [0.2, 0.25) is 0 Å². The molecule has 2 aromatic rings. The van der Waals surface area contributed by atoms with Gasteiger partial charge in [-0.25, -0.2) is 0 Å². The van der Waals surface area contributed by atoms with Gasteiger partial charge in [-0.15, -0.1) is 0 Å². The van der Waals surface area contributed by atoms with Crippen molar-refractivity contribution in [2.45, 2.75) is 18.8 Å². The molecular formula is C11H9NO. The molecule has 13 heavy (non-hydrogen) atoms. The molecule has 0 radical (unpaired) electrons. The fourth-order valence-corrected chi connectivity index (χ4v) is 2.69. The number of rotatable bonds is 0. The van der Waals surface area contributed by atoms with Crippen molar-refractivity contribution in [3.05, 3.63) is 29.5 Å². The van der Waals surface area contributed by atoms with E-state index in [9.17, 15) is 0 Å². The standard InChI is InChI=1S/C11H9NO/c1-2-7-5-12-13-11(7)10-6(1)3-8-4-9(8)10/h1-2,5,8-9H,3-4H2. The van der Waals surface area contributed by atoms with Crippen LogP contribution in [0.1, 0.15) is 23.5 Å². The SMILES string of the molecule is c1cc2cnoc2c2c1CC1CC21. The van der Waals surface area contributed by atoms with Gasteiger partial charge in [-0.2, -0.15) is 0 Å². The van der Waals surface area contributed by atoms with Gasteiger partial charge >= 0.3 is 0 Å². The molecule has 2 aliphatic rings. The number of fused-ring (bicyclic) bond motifs is 5. The van der Waals surface area contributed by atoms with Crippen LogP contribution in [-0.2, 0) is 6.42 Å². The molecule has 2 heteroatoms. The Labute approximate surface area is 75.5 Å². The molecule has 1 heterocycles. The molecule has 1 saturated carbocycles. The zero-order valence-electron chi connectivity index (χ0n) is 7.16. The molecule has 0 bridgehead atoms. The first-order valence-corrected chi connectivity index (χ1v) is 4.79. The normalized spacial score (nSPS) is 28.9. The minimum Gasteiger partial charge on any atom is -0.356 e. The monoisotopic (exact) mass is 171 g/mol. The number of benzene rings is 1. The lowest BCUT2D eigenvalue weighted by molar-refractivity contribution is 0.454. The van der Waals surface area contributed by atoms with Gasteiger partial charge in [-0.05, 0) is 36.3 Å². The molecule has 0 aliphatic heterocycles. The Morgan fingerprint density at radius 1 is 1.38 bits per heavy atom. The van der Waals surface area contributed by atoms with Gasteiger partial charge in [0.15, 0.2) is 5.58 Å². The second-order valence-electron chi connectivity index (χ2n) is 4.19. The van der Waals surface area contributed by atoms with Gasteiger partial charge < -0.3 is 4.52 Å². The number of nitrogens with zero attached hydrogens (tertiary/aromatic N) is 1. The van der Waals surface area contributed by atoms with Crippen LogP contribution in [0.5, 0.6) is 0 Å². The van der Waals surface area contributed by atoms with Gasteiger partial charge in [0.1, 0.15) is 0 Å². The quantitative estimate of drug-likeness (QED) is 0.608. The van der Waals surface area contributed by atoms with E-state index in [0.717, 1.165) is 22.8 Å². The zero-order chi connectivity index (χ0) is 8.41. The van der Waals surface area contributed by atoms with E-state index in [1.54, 1.807) is 0 Å². The van der Waals surface area contributed by atoms with Crippen molar-refractivity contribution in [1.29, 1.82) is 0 Å². The van der Waals surface area contributed by atoms with Crippen LogP contribution in [-0.4, -0.2) is 5.16 Å². The van der Waals surface area contributed by atoms with Crippen LogP contribution in [0, 0.1) is 5.92 Å². The highest BCUT2D eigenvalue weighted by Gasteiger charge is 2.46. The molecule has 0 saturated heterocycles. The zero-order valence-corrected chi connectivity index (χ0v) is 7.16. The van der Waals surface area contributed by atoms with Gasteiger partial charge in [0.2, 0.25) is 0 Å². The van der Waals surface area contributed by atoms with Gasteiger partial charge in [0.25, 0.3) is 0 Å². The van der Waals surface area contributed by atoms with E-state index in [-0.39, 0.29) is 0 Å². The Morgan fingerprint density at radius 2 is 2.38 bits per heavy atom. The lowest BCUT2D eigenvalue weighted by atomic mass is 10.0. The largest absolute Gasteiger partial charge is 0.356 e. The Balaban J connectivity index is 2.18. The first-order valence-electron chi connectivity index (χ1n) is 4.79. The van der Waals surface area contributed by atoms with Crippen molar-refractivity contribution in [1.82, 2.24) is 5.16 Å². The van der Waals surface area contributed by atoms with Crippen molar-refractivity contribution in [2.75, 3.05) is 0 Å². The van der Waals surface area contributed by atoms with Crippen molar-refractivity contribution >= 4 is 11.0 Å². The molecule has 1 aromatic carbocycles. The lowest BCUT2D eigenvalue weighted by Crippen LogP contribution is -1.85. The van der Waals surface area contributed by atoms with E-state index in [4.69, 9.17) is 4.52 Å². The first-order chi connectivity index (χ1) is 6.43. The summed E-state index contributed by atoms with van der Waals surface area (Å²) in [6.07, 6.45) is 4.44. The summed E-state index contributed by atoms with van der Waals surface area (Å²) < 4.78 is 5.31. The third-order valence-electron chi connectivity index (χ3n) is 3.43. The van der Waals surface area contributed by atoms with E-state index >= 15 is 0 Å². The Bertz CT molecular complexity index is 500. The molecule has 2 unspecified atom stereocenters. The van der Waals surface area contributed by atoms with Crippen LogP contribution in [0.15, 0.2) is 22.9 Å². The fourth-order valence-electron chi connectivity index (χ4n) is 2.69. The summed E-state index contributed by atoms with van der Waals surface area (Å²) in [6.45, 7) is 0. The van der Waals surface area contributed by atoms with E-state index in [0.29, 0.717) is 0 Å². The molecule has 0 amide bonds. The maximum Gasteiger partial charge on any atom is 0.170 e. The predicted octanol–water partition coefficient (Wildman–Crippen LogP) is 2.49. The lowest BCUT2D eigenvalue weighted by Gasteiger charge is -2.00. The van der Waals surface area contributed by atoms with Crippen LogP contribution in [0.25, 0.3) is 11.0 Å². The van der Waals surface area contributed by atoms with Crippen molar-refractivity contribution in [3.8, 4) is 0 Å². The summed E-state index contributed by atoms with van der Waals surface area (Å²) >= 11 is 0. The topological polar surface area (TPSA) is 26.0 Å². The van der Waals surface area contributed by atoms with Crippen LogP contribution in [0.3, 0.4) is 0 Å².